The van der Waals surface area contributed by atoms with Crippen molar-refractivity contribution in [3.63, 3.8) is 0 Å². The van der Waals surface area contributed by atoms with Crippen molar-refractivity contribution in [1.29, 1.82) is 0 Å². The molecule has 1 aromatic carbocycles. The monoisotopic (exact) mass is 285 g/mol. The van der Waals surface area contributed by atoms with E-state index in [-0.39, 0.29) is 16.9 Å². The number of hydrogen-bond acceptors (Lipinski definition) is 4. The zero-order valence-electron chi connectivity index (χ0n) is 12.0. The second kappa shape index (κ2) is 6.39. The van der Waals surface area contributed by atoms with Crippen LogP contribution in [-0.4, -0.2) is 20.8 Å². The first-order valence-electron chi connectivity index (χ1n) is 6.39. The Morgan fingerprint density at radius 1 is 1.26 bits per heavy atom. The van der Waals surface area contributed by atoms with Crippen molar-refractivity contribution in [1.82, 2.24) is 0 Å². The standard InChI is InChI=1S/C14H23NO3S/c1-10(2)11(3)19(16,17)9-12-5-6-13(8-15)14(7-12)18-4/h5-7,10-11H,8-9,15H2,1-4H3. The SMILES string of the molecule is COc1cc(CS(=O)(=O)C(C)C(C)C)ccc1CN. The van der Waals surface area contributed by atoms with Gasteiger partial charge in [-0.05, 0) is 24.5 Å². The van der Waals surface area contributed by atoms with E-state index >= 15 is 0 Å². The zero-order valence-corrected chi connectivity index (χ0v) is 12.8. The zero-order chi connectivity index (χ0) is 14.6. The van der Waals surface area contributed by atoms with Crippen LogP contribution in [0.15, 0.2) is 18.2 Å². The molecule has 19 heavy (non-hydrogen) atoms. The molecular weight excluding hydrogens is 262 g/mol. The van der Waals surface area contributed by atoms with Crippen molar-refractivity contribution in [2.24, 2.45) is 11.7 Å². The summed E-state index contributed by atoms with van der Waals surface area (Å²) in [5, 5.41) is -0.354. The van der Waals surface area contributed by atoms with Crippen LogP contribution in [0.25, 0.3) is 0 Å². The van der Waals surface area contributed by atoms with E-state index in [1.54, 1.807) is 26.2 Å². The third-order valence-electron chi connectivity index (χ3n) is 3.44. The molecule has 1 atom stereocenters. The number of benzene rings is 1. The number of hydrogen-bond donors (Lipinski definition) is 1. The predicted octanol–water partition coefficient (Wildman–Crippen LogP) is 2.11. The summed E-state index contributed by atoms with van der Waals surface area (Å²) in [5.74, 6) is 0.788. The maximum atomic E-state index is 12.2. The molecule has 5 heteroatoms. The minimum absolute atomic E-state index is 0.0353. The molecule has 0 aliphatic carbocycles. The maximum absolute atomic E-state index is 12.2. The van der Waals surface area contributed by atoms with Crippen molar-refractivity contribution < 1.29 is 13.2 Å². The first-order valence-corrected chi connectivity index (χ1v) is 8.10. The van der Waals surface area contributed by atoms with Gasteiger partial charge in [-0.3, -0.25) is 0 Å². The van der Waals surface area contributed by atoms with E-state index in [0.717, 1.165) is 11.1 Å². The second-order valence-electron chi connectivity index (χ2n) is 5.11. The smallest absolute Gasteiger partial charge is 0.157 e. The first kappa shape index (κ1) is 16.0. The number of rotatable bonds is 6. The predicted molar refractivity (Wildman–Crippen MR) is 77.8 cm³/mol. The van der Waals surface area contributed by atoms with Gasteiger partial charge in [0.1, 0.15) is 5.75 Å². The van der Waals surface area contributed by atoms with Crippen LogP contribution in [0.1, 0.15) is 31.9 Å². The number of ether oxygens (including phenoxy) is 1. The molecule has 0 saturated heterocycles. The average molecular weight is 285 g/mol. The van der Waals surface area contributed by atoms with Gasteiger partial charge in [0.2, 0.25) is 0 Å². The highest BCUT2D eigenvalue weighted by atomic mass is 32.2. The minimum Gasteiger partial charge on any atom is -0.496 e. The van der Waals surface area contributed by atoms with Crippen LogP contribution in [0.3, 0.4) is 0 Å². The number of nitrogens with two attached hydrogens (primary N) is 1. The molecule has 0 amide bonds. The topological polar surface area (TPSA) is 69.4 Å². The van der Waals surface area contributed by atoms with Crippen molar-refractivity contribution in [3.8, 4) is 5.75 Å². The van der Waals surface area contributed by atoms with Crippen LogP contribution < -0.4 is 10.5 Å². The van der Waals surface area contributed by atoms with Gasteiger partial charge >= 0.3 is 0 Å². The number of sulfone groups is 1. The van der Waals surface area contributed by atoms with Gasteiger partial charge in [0.05, 0.1) is 18.1 Å². The summed E-state index contributed by atoms with van der Waals surface area (Å²) in [6.45, 7) is 5.96. The minimum atomic E-state index is -3.14. The Bertz CT molecular complexity index is 523. The summed E-state index contributed by atoms with van der Waals surface area (Å²) < 4.78 is 29.7. The summed E-state index contributed by atoms with van der Waals surface area (Å²) in [6, 6.07) is 5.38. The van der Waals surface area contributed by atoms with Crippen LogP contribution in [0.5, 0.6) is 5.75 Å². The van der Waals surface area contributed by atoms with Crippen molar-refractivity contribution >= 4 is 9.84 Å². The average Bonchev–Trinajstić information content (AvgIpc) is 2.36. The van der Waals surface area contributed by atoms with Crippen molar-refractivity contribution in [2.75, 3.05) is 7.11 Å². The summed E-state index contributed by atoms with van der Waals surface area (Å²) in [7, 11) is -1.58. The van der Waals surface area contributed by atoms with E-state index in [1.165, 1.54) is 0 Å². The highest BCUT2D eigenvalue weighted by Crippen LogP contribution is 2.23. The van der Waals surface area contributed by atoms with E-state index in [1.807, 2.05) is 19.9 Å². The Balaban J connectivity index is 3.00. The molecule has 1 rings (SSSR count). The Labute approximate surface area is 115 Å². The van der Waals surface area contributed by atoms with E-state index in [2.05, 4.69) is 0 Å². The molecular formula is C14H23NO3S. The molecule has 0 heterocycles. The van der Waals surface area contributed by atoms with Gasteiger partial charge in [0.15, 0.2) is 9.84 Å². The van der Waals surface area contributed by atoms with Crippen LogP contribution in [0.2, 0.25) is 0 Å². The van der Waals surface area contributed by atoms with Crippen molar-refractivity contribution in [3.05, 3.63) is 29.3 Å². The van der Waals surface area contributed by atoms with Gasteiger partial charge in [-0.25, -0.2) is 8.42 Å². The first-order chi connectivity index (χ1) is 8.81. The highest BCUT2D eigenvalue weighted by Gasteiger charge is 2.24. The lowest BCUT2D eigenvalue weighted by Gasteiger charge is -2.17. The molecule has 0 aliphatic rings. The van der Waals surface area contributed by atoms with E-state index in [0.29, 0.717) is 12.3 Å². The fraction of sp³-hybridized carbons (Fsp3) is 0.571. The molecule has 4 nitrogen and oxygen atoms in total. The normalized spacial score (nSPS) is 13.6. The van der Waals surface area contributed by atoms with E-state index in [9.17, 15) is 8.42 Å². The molecule has 0 bridgehead atoms. The van der Waals surface area contributed by atoms with Gasteiger partial charge in [0.25, 0.3) is 0 Å². The lowest BCUT2D eigenvalue weighted by atomic mass is 10.1. The molecule has 1 aromatic rings. The van der Waals surface area contributed by atoms with Crippen LogP contribution >= 0.6 is 0 Å². The molecule has 0 aromatic heterocycles. The third-order valence-corrected chi connectivity index (χ3v) is 5.86. The fourth-order valence-electron chi connectivity index (χ4n) is 1.83. The molecule has 0 spiro atoms. The molecule has 0 aliphatic heterocycles. The molecule has 1 unspecified atom stereocenters. The quantitative estimate of drug-likeness (QED) is 0.869. The van der Waals surface area contributed by atoms with Crippen LogP contribution in [0, 0.1) is 5.92 Å². The Morgan fingerprint density at radius 2 is 1.89 bits per heavy atom. The second-order valence-corrected chi connectivity index (χ2v) is 7.46. The van der Waals surface area contributed by atoms with Gasteiger partial charge in [0, 0.05) is 12.1 Å². The van der Waals surface area contributed by atoms with Crippen LogP contribution in [-0.2, 0) is 22.1 Å². The summed E-state index contributed by atoms with van der Waals surface area (Å²) >= 11 is 0. The van der Waals surface area contributed by atoms with Crippen molar-refractivity contribution in [2.45, 2.75) is 38.3 Å². The molecule has 0 radical (unpaired) electrons. The Morgan fingerprint density at radius 3 is 2.37 bits per heavy atom. The van der Waals surface area contributed by atoms with Gasteiger partial charge in [-0.15, -0.1) is 0 Å². The van der Waals surface area contributed by atoms with Crippen LogP contribution in [0.4, 0.5) is 0 Å². The van der Waals surface area contributed by atoms with Gasteiger partial charge in [-0.2, -0.15) is 0 Å². The summed E-state index contributed by atoms with van der Waals surface area (Å²) in [6.07, 6.45) is 0. The Kier molecular flexibility index (Phi) is 5.38. The molecule has 108 valence electrons. The number of methoxy groups -OCH3 is 1. The fourth-order valence-corrected chi connectivity index (χ4v) is 3.56. The van der Waals surface area contributed by atoms with E-state index in [4.69, 9.17) is 10.5 Å². The highest BCUT2D eigenvalue weighted by molar-refractivity contribution is 7.91. The van der Waals surface area contributed by atoms with Gasteiger partial charge in [-0.1, -0.05) is 26.0 Å². The molecule has 0 saturated carbocycles. The lowest BCUT2D eigenvalue weighted by Crippen LogP contribution is -2.24. The molecule has 2 N–H and O–H groups in total. The Hall–Kier alpha value is -1.07. The maximum Gasteiger partial charge on any atom is 0.157 e. The summed E-state index contributed by atoms with van der Waals surface area (Å²) in [5.41, 5.74) is 7.21. The third kappa shape index (κ3) is 3.94. The van der Waals surface area contributed by atoms with E-state index < -0.39 is 9.84 Å². The largest absolute Gasteiger partial charge is 0.496 e. The summed E-state index contributed by atoms with van der Waals surface area (Å²) in [4.78, 5) is 0. The lowest BCUT2D eigenvalue weighted by molar-refractivity contribution is 0.409. The van der Waals surface area contributed by atoms with Gasteiger partial charge < -0.3 is 10.5 Å². The molecule has 0 fully saturated rings.